The monoisotopic (exact) mass is 282 g/mol. The van der Waals surface area contributed by atoms with Gasteiger partial charge < -0.3 is 21.1 Å². The summed E-state index contributed by atoms with van der Waals surface area (Å²) in [6, 6.07) is 6.68. The van der Waals surface area contributed by atoms with Gasteiger partial charge in [-0.2, -0.15) is 0 Å². The third kappa shape index (κ3) is 3.23. The van der Waals surface area contributed by atoms with Crippen LogP contribution in [-0.4, -0.2) is 22.2 Å². The number of guanidine groups is 1. The molecular formula is C11H11ClN4O3. The van der Waals surface area contributed by atoms with E-state index in [-0.39, 0.29) is 24.1 Å². The van der Waals surface area contributed by atoms with Crippen molar-refractivity contribution in [2.75, 3.05) is 0 Å². The molecule has 5 N–H and O–H groups in total. The first-order valence-electron chi connectivity index (χ1n) is 4.95. The van der Waals surface area contributed by atoms with Gasteiger partial charge in [0.25, 0.3) is 0 Å². The minimum Gasteiger partial charge on any atom is -0.476 e. The molecule has 0 saturated heterocycles. The topological polar surface area (TPSA) is 128 Å². The Hall–Kier alpha value is -2.54. The van der Waals surface area contributed by atoms with Crippen molar-refractivity contribution in [2.24, 2.45) is 16.5 Å². The van der Waals surface area contributed by atoms with Crippen LogP contribution in [0, 0.1) is 0 Å². The summed E-state index contributed by atoms with van der Waals surface area (Å²) in [6.45, 7) is 0. The maximum absolute atomic E-state index is 10.9. The Morgan fingerprint density at radius 2 is 1.89 bits per heavy atom. The first-order chi connectivity index (χ1) is 8.58. The van der Waals surface area contributed by atoms with Gasteiger partial charge in [0.1, 0.15) is 6.26 Å². The highest BCUT2D eigenvalue weighted by Crippen LogP contribution is 2.25. The Morgan fingerprint density at radius 1 is 1.26 bits per heavy atom. The van der Waals surface area contributed by atoms with Crippen LogP contribution in [0.5, 0.6) is 0 Å². The van der Waals surface area contributed by atoms with Crippen LogP contribution in [0.2, 0.25) is 0 Å². The van der Waals surface area contributed by atoms with Crippen LogP contribution in [0.1, 0.15) is 10.5 Å². The van der Waals surface area contributed by atoms with Crippen molar-refractivity contribution in [2.45, 2.75) is 0 Å². The summed E-state index contributed by atoms with van der Waals surface area (Å²) in [5.41, 5.74) is 12.0. The molecule has 7 nitrogen and oxygen atoms in total. The van der Waals surface area contributed by atoms with Gasteiger partial charge in [0.05, 0.1) is 11.3 Å². The Bertz CT molecular complexity index is 603. The van der Waals surface area contributed by atoms with E-state index in [0.717, 1.165) is 0 Å². The number of carboxylic acid groups (broad SMARTS) is 1. The van der Waals surface area contributed by atoms with Gasteiger partial charge in [-0.15, -0.1) is 12.4 Å². The molecule has 1 aromatic heterocycles. The molecule has 0 bridgehead atoms. The van der Waals surface area contributed by atoms with Crippen molar-refractivity contribution in [3.63, 3.8) is 0 Å². The summed E-state index contributed by atoms with van der Waals surface area (Å²) in [5, 5.41) is 12.3. The maximum Gasteiger partial charge on any atom is 0.358 e. The molecule has 1 aromatic carbocycles. The molecular weight excluding hydrogens is 272 g/mol. The Labute approximate surface area is 114 Å². The normalized spacial score (nSPS) is 9.47. The average molecular weight is 283 g/mol. The van der Waals surface area contributed by atoms with Crippen molar-refractivity contribution in [3.8, 4) is 11.1 Å². The first kappa shape index (κ1) is 14.5. The molecule has 0 aliphatic carbocycles. The number of nitrogens with zero attached hydrogens (tertiary/aromatic N) is 2. The molecule has 19 heavy (non-hydrogen) atoms. The van der Waals surface area contributed by atoms with Crippen LogP contribution < -0.4 is 11.5 Å². The lowest BCUT2D eigenvalue weighted by Crippen LogP contribution is -2.21. The zero-order chi connectivity index (χ0) is 13.1. The molecule has 2 rings (SSSR count). The summed E-state index contributed by atoms with van der Waals surface area (Å²) in [4.78, 5) is 14.7. The van der Waals surface area contributed by atoms with E-state index in [0.29, 0.717) is 16.8 Å². The molecule has 1 heterocycles. The predicted molar refractivity (Wildman–Crippen MR) is 71.6 cm³/mol. The number of halogens is 1. The van der Waals surface area contributed by atoms with E-state index in [4.69, 9.17) is 16.6 Å². The number of aromatic carboxylic acids is 1. The van der Waals surface area contributed by atoms with Gasteiger partial charge in [-0.05, 0) is 17.7 Å². The van der Waals surface area contributed by atoms with Crippen LogP contribution in [0.15, 0.2) is 40.0 Å². The number of carbonyl (C=O) groups is 1. The summed E-state index contributed by atoms with van der Waals surface area (Å²) < 4.78 is 4.66. The van der Waals surface area contributed by atoms with E-state index in [1.54, 1.807) is 24.3 Å². The Morgan fingerprint density at radius 3 is 2.42 bits per heavy atom. The van der Waals surface area contributed by atoms with E-state index >= 15 is 0 Å². The fraction of sp³-hybridized carbons (Fsp3) is 0. The largest absolute Gasteiger partial charge is 0.476 e. The number of nitrogens with two attached hydrogens (primary N) is 2. The number of hydrogen-bond donors (Lipinski definition) is 3. The third-order valence-electron chi connectivity index (χ3n) is 2.21. The average Bonchev–Trinajstić information content (AvgIpc) is 2.78. The molecule has 0 atom stereocenters. The van der Waals surface area contributed by atoms with Crippen LogP contribution in [-0.2, 0) is 0 Å². The van der Waals surface area contributed by atoms with Crippen molar-refractivity contribution >= 4 is 30.0 Å². The van der Waals surface area contributed by atoms with Crippen molar-refractivity contribution < 1.29 is 14.4 Å². The smallest absolute Gasteiger partial charge is 0.358 e. The van der Waals surface area contributed by atoms with E-state index in [2.05, 4.69) is 14.7 Å². The summed E-state index contributed by atoms with van der Waals surface area (Å²) in [7, 11) is 0. The number of aliphatic imine (C=N–C) groups is 1. The number of carboxylic acids is 1. The van der Waals surface area contributed by atoms with Crippen LogP contribution in [0.3, 0.4) is 0 Å². The number of hydrogen-bond acceptors (Lipinski definition) is 4. The van der Waals surface area contributed by atoms with Gasteiger partial charge >= 0.3 is 5.97 Å². The fourth-order valence-electron chi connectivity index (χ4n) is 1.46. The first-order valence-corrected chi connectivity index (χ1v) is 4.95. The van der Waals surface area contributed by atoms with Gasteiger partial charge in [0.15, 0.2) is 11.7 Å². The highest BCUT2D eigenvalue weighted by atomic mass is 35.5. The summed E-state index contributed by atoms with van der Waals surface area (Å²) in [6.07, 6.45) is 1.28. The predicted octanol–water partition coefficient (Wildman–Crippen LogP) is 1.37. The molecule has 0 aliphatic rings. The molecule has 0 spiro atoms. The lowest BCUT2D eigenvalue weighted by Gasteiger charge is -1.99. The maximum atomic E-state index is 10.9. The van der Waals surface area contributed by atoms with Crippen molar-refractivity contribution in [1.82, 2.24) is 5.16 Å². The highest BCUT2D eigenvalue weighted by molar-refractivity contribution is 5.93. The summed E-state index contributed by atoms with van der Waals surface area (Å²) >= 11 is 0. The van der Waals surface area contributed by atoms with Gasteiger partial charge in [-0.25, -0.2) is 9.79 Å². The molecule has 0 amide bonds. The molecule has 0 saturated carbocycles. The van der Waals surface area contributed by atoms with Gasteiger partial charge in [0, 0.05) is 0 Å². The lowest BCUT2D eigenvalue weighted by atomic mass is 10.1. The molecule has 0 fully saturated rings. The second kappa shape index (κ2) is 5.87. The lowest BCUT2D eigenvalue weighted by molar-refractivity contribution is 0.0686. The standard InChI is InChI=1S/C11H10N4O3.ClH/c12-11(13)14-7-3-1-6(2-4-7)8-5-18-15-9(8)10(16)17;/h1-5H,(H,16,17)(H4,12,13,14);1H. The second-order valence-electron chi connectivity index (χ2n) is 3.47. The third-order valence-corrected chi connectivity index (χ3v) is 2.21. The highest BCUT2D eigenvalue weighted by Gasteiger charge is 2.16. The summed E-state index contributed by atoms with van der Waals surface area (Å²) in [5.74, 6) is -1.19. The fourth-order valence-corrected chi connectivity index (χ4v) is 1.46. The molecule has 2 aromatic rings. The molecule has 0 unspecified atom stereocenters. The van der Waals surface area contributed by atoms with Crippen LogP contribution in [0.25, 0.3) is 11.1 Å². The van der Waals surface area contributed by atoms with Crippen molar-refractivity contribution in [3.05, 3.63) is 36.2 Å². The zero-order valence-corrected chi connectivity index (χ0v) is 10.4. The number of rotatable bonds is 3. The van der Waals surface area contributed by atoms with E-state index in [1.165, 1.54) is 6.26 Å². The number of benzene rings is 1. The van der Waals surface area contributed by atoms with E-state index in [1.807, 2.05) is 0 Å². The molecule has 100 valence electrons. The van der Waals surface area contributed by atoms with Gasteiger partial charge in [0.2, 0.25) is 0 Å². The quantitative estimate of drug-likeness (QED) is 0.576. The SMILES string of the molecule is Cl.NC(N)=Nc1ccc(-c2conc2C(=O)O)cc1. The van der Waals surface area contributed by atoms with Crippen LogP contribution >= 0.6 is 12.4 Å². The van der Waals surface area contributed by atoms with Gasteiger partial charge in [-0.1, -0.05) is 17.3 Å². The Balaban J connectivity index is 0.00000180. The van der Waals surface area contributed by atoms with E-state index < -0.39 is 5.97 Å². The minimum absolute atomic E-state index is 0. The Kier molecular flexibility index (Phi) is 4.49. The minimum atomic E-state index is -1.15. The zero-order valence-electron chi connectivity index (χ0n) is 9.61. The van der Waals surface area contributed by atoms with Gasteiger partial charge in [-0.3, -0.25) is 0 Å². The van der Waals surface area contributed by atoms with E-state index in [9.17, 15) is 4.79 Å². The number of aromatic nitrogens is 1. The van der Waals surface area contributed by atoms with Crippen molar-refractivity contribution in [1.29, 1.82) is 0 Å². The molecule has 8 heteroatoms. The molecule has 0 aliphatic heterocycles. The second-order valence-corrected chi connectivity index (χ2v) is 3.47. The van der Waals surface area contributed by atoms with Crippen LogP contribution in [0.4, 0.5) is 5.69 Å². The molecule has 0 radical (unpaired) electrons.